The van der Waals surface area contributed by atoms with Crippen molar-refractivity contribution in [1.82, 2.24) is 40.1 Å². The molecule has 1 aliphatic rings. The predicted molar refractivity (Wildman–Crippen MR) is 125 cm³/mol. The van der Waals surface area contributed by atoms with Crippen LogP contribution in [0.15, 0.2) is 12.3 Å². The van der Waals surface area contributed by atoms with Crippen LogP contribution in [-0.4, -0.2) is 80.3 Å². The van der Waals surface area contributed by atoms with Crippen LogP contribution in [0.25, 0.3) is 20.8 Å². The fraction of sp³-hybridized carbons (Fsp3) is 0.450. The van der Waals surface area contributed by atoms with Crippen LogP contribution in [0.3, 0.4) is 0 Å². The maximum Gasteiger partial charge on any atom is 0.249 e. The average molecular weight is 485 g/mol. The van der Waals surface area contributed by atoms with Gasteiger partial charge in [0.05, 0.1) is 33.8 Å². The summed E-state index contributed by atoms with van der Waals surface area (Å²) in [5.41, 5.74) is 2.95. The highest BCUT2D eigenvalue weighted by atomic mass is 32.1. The van der Waals surface area contributed by atoms with Gasteiger partial charge < -0.3 is 20.6 Å². The first-order valence-corrected chi connectivity index (χ1v) is 11.5. The van der Waals surface area contributed by atoms with E-state index in [1.807, 2.05) is 19.9 Å². The van der Waals surface area contributed by atoms with Gasteiger partial charge in [0, 0.05) is 25.8 Å². The maximum atomic E-state index is 10.6. The second-order valence-electron chi connectivity index (χ2n) is 8.28. The second kappa shape index (κ2) is 8.79. The molecule has 13 nitrogen and oxygen atoms in total. The van der Waals surface area contributed by atoms with E-state index < -0.39 is 24.2 Å². The van der Waals surface area contributed by atoms with Gasteiger partial charge >= 0.3 is 0 Å². The number of anilines is 3. The molecule has 0 radical (unpaired) electrons. The molecule has 4 aromatic heterocycles. The Morgan fingerprint density at radius 2 is 1.97 bits per heavy atom. The number of aliphatic hydroxyl groups excluding tert-OH is 3. The lowest BCUT2D eigenvalue weighted by Crippen LogP contribution is -2.35. The smallest absolute Gasteiger partial charge is 0.249 e. The highest BCUT2D eigenvalue weighted by Crippen LogP contribution is 2.38. The van der Waals surface area contributed by atoms with Crippen LogP contribution in [0.1, 0.15) is 17.8 Å². The fourth-order valence-electron chi connectivity index (χ4n) is 4.14. The molecule has 1 aliphatic carbocycles. The lowest BCUT2D eigenvalue weighted by atomic mass is 10.1. The van der Waals surface area contributed by atoms with Crippen molar-refractivity contribution in [2.75, 3.05) is 17.2 Å². The van der Waals surface area contributed by atoms with Crippen molar-refractivity contribution in [3.05, 3.63) is 23.7 Å². The summed E-state index contributed by atoms with van der Waals surface area (Å²) in [6.07, 6.45) is 0.0176. The zero-order valence-corrected chi connectivity index (χ0v) is 19.5. The minimum Gasteiger partial charge on any atom is -0.396 e. The predicted octanol–water partition coefficient (Wildman–Crippen LogP) is 0.547. The third-order valence-corrected chi connectivity index (χ3v) is 7.03. The van der Waals surface area contributed by atoms with Crippen molar-refractivity contribution in [2.24, 2.45) is 13.0 Å². The highest BCUT2D eigenvalue weighted by molar-refractivity contribution is 7.21. The third kappa shape index (κ3) is 3.94. The van der Waals surface area contributed by atoms with E-state index in [0.717, 1.165) is 15.9 Å². The normalized spacial score (nSPS) is 22.4. The SMILES string of the molecule is Cc1nc(Nc2nnnn2C)nc(NC2C[C@H](CO)[C@@H](O)[C@H]2O)c1-c1nc2c(C)nccc2s1. The van der Waals surface area contributed by atoms with E-state index >= 15 is 0 Å². The number of aromatic nitrogens is 8. The molecule has 0 saturated heterocycles. The number of nitrogens with zero attached hydrogens (tertiary/aromatic N) is 8. The molecule has 5 rings (SSSR count). The van der Waals surface area contributed by atoms with Crippen LogP contribution in [0, 0.1) is 19.8 Å². The molecule has 34 heavy (non-hydrogen) atoms. The van der Waals surface area contributed by atoms with Gasteiger partial charge in [0.15, 0.2) is 0 Å². The van der Waals surface area contributed by atoms with Crippen LogP contribution in [0.4, 0.5) is 17.7 Å². The van der Waals surface area contributed by atoms with Gasteiger partial charge in [0.2, 0.25) is 11.9 Å². The Kier molecular flexibility index (Phi) is 5.81. The third-order valence-electron chi connectivity index (χ3n) is 6.00. The number of hydrogen-bond donors (Lipinski definition) is 5. The number of aryl methyl sites for hydroxylation is 3. The molecule has 0 aromatic carbocycles. The van der Waals surface area contributed by atoms with Gasteiger partial charge in [0.1, 0.15) is 22.4 Å². The first kappa shape index (κ1) is 22.5. The first-order chi connectivity index (χ1) is 16.4. The lowest BCUT2D eigenvalue weighted by molar-refractivity contribution is 0.00446. The molecule has 5 N–H and O–H groups in total. The molecule has 1 unspecified atom stereocenters. The lowest BCUT2D eigenvalue weighted by Gasteiger charge is -2.21. The standard InChI is InChI=1S/C20H24N10O3S/c1-8-13(18-24-14-9(2)21-5-4-12(14)34-18)17(23-11-6-10(7-31)15(32)16(11)33)25-19(22-8)26-20-27-28-29-30(20)3/h4-5,10-11,15-16,31-33H,6-7H2,1-3H3,(H2,22,23,25,26,27,29)/t10-,11?,15-,16+/m1/s1. The van der Waals surface area contributed by atoms with E-state index in [2.05, 4.69) is 41.1 Å². The molecule has 4 aromatic rings. The average Bonchev–Trinajstić information content (AvgIpc) is 3.48. The Morgan fingerprint density at radius 3 is 2.65 bits per heavy atom. The van der Waals surface area contributed by atoms with Crippen molar-refractivity contribution in [3.8, 4) is 10.6 Å². The summed E-state index contributed by atoms with van der Waals surface area (Å²) >= 11 is 1.49. The molecular weight excluding hydrogens is 460 g/mol. The summed E-state index contributed by atoms with van der Waals surface area (Å²) in [5, 5.41) is 48.7. The molecule has 14 heteroatoms. The molecule has 0 bridgehead atoms. The van der Waals surface area contributed by atoms with Crippen molar-refractivity contribution >= 4 is 39.3 Å². The van der Waals surface area contributed by atoms with Gasteiger partial charge in [0.25, 0.3) is 0 Å². The van der Waals surface area contributed by atoms with Crippen LogP contribution in [-0.2, 0) is 7.05 Å². The Labute approximate surface area is 197 Å². The van der Waals surface area contributed by atoms with E-state index in [4.69, 9.17) is 4.98 Å². The zero-order valence-electron chi connectivity index (χ0n) is 18.7. The summed E-state index contributed by atoms with van der Waals surface area (Å²) in [6, 6.07) is 1.38. The molecule has 178 valence electrons. The van der Waals surface area contributed by atoms with Gasteiger partial charge in [-0.25, -0.2) is 14.6 Å². The quantitative estimate of drug-likeness (QED) is 0.257. The largest absolute Gasteiger partial charge is 0.396 e. The van der Waals surface area contributed by atoms with E-state index in [-0.39, 0.29) is 12.6 Å². The summed E-state index contributed by atoms with van der Waals surface area (Å²) < 4.78 is 2.43. The molecule has 4 atom stereocenters. The monoisotopic (exact) mass is 484 g/mol. The summed E-state index contributed by atoms with van der Waals surface area (Å²) in [6.45, 7) is 3.53. The van der Waals surface area contributed by atoms with Gasteiger partial charge in [-0.3, -0.25) is 10.3 Å². The van der Waals surface area contributed by atoms with E-state index in [1.165, 1.54) is 16.0 Å². The number of aliphatic hydroxyl groups is 3. The van der Waals surface area contributed by atoms with Gasteiger partial charge in [-0.2, -0.15) is 4.98 Å². The Balaban J connectivity index is 1.59. The first-order valence-electron chi connectivity index (χ1n) is 10.7. The van der Waals surface area contributed by atoms with E-state index in [1.54, 1.807) is 13.2 Å². The molecule has 0 amide bonds. The van der Waals surface area contributed by atoms with E-state index in [9.17, 15) is 15.3 Å². The molecule has 0 spiro atoms. The minimum atomic E-state index is -1.07. The fourth-order valence-corrected chi connectivity index (χ4v) is 5.25. The summed E-state index contributed by atoms with van der Waals surface area (Å²) in [5.74, 6) is 0.616. The van der Waals surface area contributed by atoms with Crippen LogP contribution >= 0.6 is 11.3 Å². The molecular formula is C20H24N10O3S. The van der Waals surface area contributed by atoms with Crippen LogP contribution in [0.2, 0.25) is 0 Å². The van der Waals surface area contributed by atoms with Crippen molar-refractivity contribution in [3.63, 3.8) is 0 Å². The zero-order chi connectivity index (χ0) is 24.0. The number of hydrogen-bond acceptors (Lipinski definition) is 13. The van der Waals surface area contributed by atoms with Crippen LogP contribution in [0.5, 0.6) is 0 Å². The number of fused-ring (bicyclic) bond motifs is 1. The van der Waals surface area contributed by atoms with Crippen molar-refractivity contribution in [2.45, 2.75) is 38.5 Å². The molecule has 1 fully saturated rings. The van der Waals surface area contributed by atoms with Crippen molar-refractivity contribution < 1.29 is 15.3 Å². The summed E-state index contributed by atoms with van der Waals surface area (Å²) in [7, 11) is 1.69. The van der Waals surface area contributed by atoms with Gasteiger partial charge in [-0.05, 0) is 36.8 Å². The van der Waals surface area contributed by atoms with E-state index in [0.29, 0.717) is 34.5 Å². The number of tetrazole rings is 1. The minimum absolute atomic E-state index is 0.220. The number of nitrogens with one attached hydrogen (secondary N) is 2. The number of rotatable bonds is 6. The topological polar surface area (TPSA) is 180 Å². The second-order valence-corrected chi connectivity index (χ2v) is 9.31. The Bertz CT molecular complexity index is 1340. The summed E-state index contributed by atoms with van der Waals surface area (Å²) in [4.78, 5) is 18.3. The molecule has 0 aliphatic heterocycles. The number of thiazole rings is 1. The number of pyridine rings is 1. The van der Waals surface area contributed by atoms with Crippen molar-refractivity contribution in [1.29, 1.82) is 0 Å². The highest BCUT2D eigenvalue weighted by Gasteiger charge is 2.41. The molecule has 4 heterocycles. The Hall–Kier alpha value is -3.33. The van der Waals surface area contributed by atoms with Gasteiger partial charge in [-0.15, -0.1) is 11.3 Å². The molecule has 1 saturated carbocycles. The maximum absolute atomic E-state index is 10.6. The van der Waals surface area contributed by atoms with Gasteiger partial charge in [-0.1, -0.05) is 5.10 Å². The van der Waals surface area contributed by atoms with Crippen LogP contribution < -0.4 is 10.6 Å². The Morgan fingerprint density at radius 1 is 1.15 bits per heavy atom.